The van der Waals surface area contributed by atoms with E-state index in [1.165, 1.54) is 43.2 Å². The Labute approximate surface area is 130 Å². The fourth-order valence-corrected chi connectivity index (χ4v) is 4.30. The molecule has 1 atom stereocenters. The zero-order valence-electron chi connectivity index (χ0n) is 12.9. The summed E-state index contributed by atoms with van der Waals surface area (Å²) in [7, 11) is 1.71. The second kappa shape index (κ2) is 6.65. The molecule has 3 nitrogen and oxygen atoms in total. The van der Waals surface area contributed by atoms with Crippen LogP contribution in [-0.4, -0.2) is 18.1 Å². The van der Waals surface area contributed by atoms with E-state index < -0.39 is 0 Å². The van der Waals surface area contributed by atoms with Gasteiger partial charge in [0.1, 0.15) is 5.75 Å². The van der Waals surface area contributed by atoms with Crippen molar-refractivity contribution in [1.29, 1.82) is 0 Å². The summed E-state index contributed by atoms with van der Waals surface area (Å²) in [5.41, 5.74) is 1.06. The summed E-state index contributed by atoms with van der Waals surface area (Å²) in [4.78, 5) is 4.72. The van der Waals surface area contributed by atoms with E-state index in [9.17, 15) is 0 Å². The molecule has 114 valence electrons. The molecule has 21 heavy (non-hydrogen) atoms. The Morgan fingerprint density at radius 3 is 2.86 bits per heavy atom. The monoisotopic (exact) mass is 304 g/mol. The quantitative estimate of drug-likeness (QED) is 0.837. The van der Waals surface area contributed by atoms with E-state index in [4.69, 9.17) is 9.72 Å². The highest BCUT2D eigenvalue weighted by molar-refractivity contribution is 7.22. The molecule has 1 aliphatic rings. The number of anilines is 1. The van der Waals surface area contributed by atoms with Crippen molar-refractivity contribution in [3.63, 3.8) is 0 Å². The van der Waals surface area contributed by atoms with E-state index in [-0.39, 0.29) is 0 Å². The maximum Gasteiger partial charge on any atom is 0.184 e. The van der Waals surface area contributed by atoms with Crippen molar-refractivity contribution in [1.82, 2.24) is 4.98 Å². The first kappa shape index (κ1) is 14.6. The maximum absolute atomic E-state index is 5.29. The lowest BCUT2D eigenvalue weighted by Crippen LogP contribution is -2.29. The molecule has 1 heterocycles. The summed E-state index contributed by atoms with van der Waals surface area (Å²) >= 11 is 1.73. The van der Waals surface area contributed by atoms with Gasteiger partial charge in [0.15, 0.2) is 5.13 Å². The van der Waals surface area contributed by atoms with Crippen molar-refractivity contribution in [3.8, 4) is 5.75 Å². The summed E-state index contributed by atoms with van der Waals surface area (Å²) in [6.45, 7) is 2.28. The van der Waals surface area contributed by atoms with Crippen molar-refractivity contribution < 1.29 is 4.74 Å². The van der Waals surface area contributed by atoms with Crippen molar-refractivity contribution >= 4 is 26.7 Å². The Balaban J connectivity index is 1.76. The maximum atomic E-state index is 5.29. The molecule has 1 unspecified atom stereocenters. The minimum atomic E-state index is 0.563. The Morgan fingerprint density at radius 1 is 1.33 bits per heavy atom. The molecule has 0 aliphatic heterocycles. The molecule has 2 aromatic rings. The number of benzene rings is 1. The minimum absolute atomic E-state index is 0.563. The molecule has 0 amide bonds. The number of thiazole rings is 1. The number of methoxy groups -OCH3 is 1. The fraction of sp³-hybridized carbons (Fsp3) is 0.588. The standard InChI is InChI=1S/C17H24N2OS/c1-3-14(12-7-5-4-6-8-12)18-17-19-15-10-9-13(20-2)11-16(15)21-17/h9-12,14H,3-8H2,1-2H3,(H,18,19). The molecule has 0 saturated heterocycles. The molecule has 0 bridgehead atoms. The summed E-state index contributed by atoms with van der Waals surface area (Å²) < 4.78 is 6.48. The minimum Gasteiger partial charge on any atom is -0.497 e. The SMILES string of the molecule is CCC(Nc1nc2ccc(OC)cc2s1)C1CCCCC1. The van der Waals surface area contributed by atoms with E-state index in [0.29, 0.717) is 6.04 Å². The van der Waals surface area contributed by atoms with Crippen molar-refractivity contribution in [2.24, 2.45) is 5.92 Å². The highest BCUT2D eigenvalue weighted by Gasteiger charge is 2.23. The molecule has 3 rings (SSSR count). The average molecular weight is 304 g/mol. The summed E-state index contributed by atoms with van der Waals surface area (Å²) in [5.74, 6) is 1.71. The number of nitrogens with zero attached hydrogens (tertiary/aromatic N) is 1. The van der Waals surface area contributed by atoms with Crippen LogP contribution in [0.25, 0.3) is 10.2 Å². The van der Waals surface area contributed by atoms with E-state index in [1.807, 2.05) is 12.1 Å². The van der Waals surface area contributed by atoms with Crippen LogP contribution < -0.4 is 10.1 Å². The zero-order chi connectivity index (χ0) is 14.7. The van der Waals surface area contributed by atoms with Gasteiger partial charge in [-0.3, -0.25) is 0 Å². The lowest BCUT2D eigenvalue weighted by Gasteiger charge is -2.30. The molecule has 4 heteroatoms. The van der Waals surface area contributed by atoms with Gasteiger partial charge in [-0.05, 0) is 43.4 Å². The second-order valence-electron chi connectivity index (χ2n) is 5.91. The number of ether oxygens (including phenoxy) is 1. The van der Waals surface area contributed by atoms with Gasteiger partial charge in [0.05, 0.1) is 17.3 Å². The van der Waals surface area contributed by atoms with Crippen LogP contribution in [0.4, 0.5) is 5.13 Å². The van der Waals surface area contributed by atoms with Crippen LogP contribution in [-0.2, 0) is 0 Å². The highest BCUT2D eigenvalue weighted by atomic mass is 32.1. The Bertz CT molecular complexity index is 589. The number of nitrogens with one attached hydrogen (secondary N) is 1. The van der Waals surface area contributed by atoms with E-state index in [0.717, 1.165) is 22.3 Å². The lowest BCUT2D eigenvalue weighted by atomic mass is 9.83. The highest BCUT2D eigenvalue weighted by Crippen LogP contribution is 2.33. The molecule has 1 aromatic heterocycles. The topological polar surface area (TPSA) is 34.2 Å². The number of fused-ring (bicyclic) bond motifs is 1. The smallest absolute Gasteiger partial charge is 0.184 e. The summed E-state index contributed by atoms with van der Waals surface area (Å²) in [5, 5.41) is 4.74. The predicted octanol–water partition coefficient (Wildman–Crippen LogP) is 5.08. The molecule has 1 fully saturated rings. The second-order valence-corrected chi connectivity index (χ2v) is 6.94. The Hall–Kier alpha value is -1.29. The molecule has 1 aromatic carbocycles. The third kappa shape index (κ3) is 3.31. The number of hydrogen-bond acceptors (Lipinski definition) is 4. The fourth-order valence-electron chi connectivity index (χ4n) is 3.34. The molecule has 1 aliphatic carbocycles. The molecule has 1 N–H and O–H groups in total. The Morgan fingerprint density at radius 2 is 2.14 bits per heavy atom. The van der Waals surface area contributed by atoms with Gasteiger partial charge in [-0.2, -0.15) is 0 Å². The molecule has 1 saturated carbocycles. The van der Waals surface area contributed by atoms with Gasteiger partial charge >= 0.3 is 0 Å². The van der Waals surface area contributed by atoms with Crippen LogP contribution in [0.2, 0.25) is 0 Å². The van der Waals surface area contributed by atoms with E-state index in [1.54, 1.807) is 18.4 Å². The van der Waals surface area contributed by atoms with Gasteiger partial charge in [-0.25, -0.2) is 4.98 Å². The van der Waals surface area contributed by atoms with E-state index in [2.05, 4.69) is 18.3 Å². The summed E-state index contributed by atoms with van der Waals surface area (Å²) in [6, 6.07) is 6.65. The molecule has 0 spiro atoms. The van der Waals surface area contributed by atoms with Gasteiger partial charge in [-0.15, -0.1) is 0 Å². The normalized spacial score (nSPS) is 17.8. The third-order valence-electron chi connectivity index (χ3n) is 4.56. The van der Waals surface area contributed by atoms with Crippen molar-refractivity contribution in [2.45, 2.75) is 51.5 Å². The van der Waals surface area contributed by atoms with Crippen LogP contribution in [0.5, 0.6) is 5.75 Å². The molecule has 0 radical (unpaired) electrons. The van der Waals surface area contributed by atoms with Crippen LogP contribution in [0.15, 0.2) is 18.2 Å². The first-order chi connectivity index (χ1) is 10.3. The van der Waals surface area contributed by atoms with Crippen LogP contribution >= 0.6 is 11.3 Å². The van der Waals surface area contributed by atoms with Gasteiger partial charge in [-0.1, -0.05) is 37.5 Å². The van der Waals surface area contributed by atoms with Gasteiger partial charge in [0.25, 0.3) is 0 Å². The molecular formula is C17H24N2OS. The predicted molar refractivity (Wildman–Crippen MR) is 90.4 cm³/mol. The van der Waals surface area contributed by atoms with E-state index >= 15 is 0 Å². The third-order valence-corrected chi connectivity index (χ3v) is 5.51. The van der Waals surface area contributed by atoms with Crippen LogP contribution in [0, 0.1) is 5.92 Å². The van der Waals surface area contributed by atoms with Gasteiger partial charge in [0, 0.05) is 6.04 Å². The number of rotatable bonds is 5. The number of hydrogen-bond donors (Lipinski definition) is 1. The van der Waals surface area contributed by atoms with Crippen LogP contribution in [0.1, 0.15) is 45.4 Å². The Kier molecular flexibility index (Phi) is 4.63. The first-order valence-corrected chi connectivity index (χ1v) is 8.83. The number of aromatic nitrogens is 1. The zero-order valence-corrected chi connectivity index (χ0v) is 13.7. The average Bonchev–Trinajstić information content (AvgIpc) is 2.94. The first-order valence-electron chi connectivity index (χ1n) is 8.01. The van der Waals surface area contributed by atoms with Crippen molar-refractivity contribution in [3.05, 3.63) is 18.2 Å². The van der Waals surface area contributed by atoms with Gasteiger partial charge in [0.2, 0.25) is 0 Å². The van der Waals surface area contributed by atoms with Crippen LogP contribution in [0.3, 0.4) is 0 Å². The van der Waals surface area contributed by atoms with Crippen molar-refractivity contribution in [2.75, 3.05) is 12.4 Å². The molecular weight excluding hydrogens is 280 g/mol. The largest absolute Gasteiger partial charge is 0.497 e. The lowest BCUT2D eigenvalue weighted by molar-refractivity contribution is 0.313. The van der Waals surface area contributed by atoms with Gasteiger partial charge < -0.3 is 10.1 Å². The summed E-state index contributed by atoms with van der Waals surface area (Å²) in [6.07, 6.45) is 8.09.